The van der Waals surface area contributed by atoms with Gasteiger partial charge in [-0.15, -0.1) is 0 Å². The lowest BCUT2D eigenvalue weighted by Crippen LogP contribution is -2.42. The van der Waals surface area contributed by atoms with Crippen molar-refractivity contribution in [2.75, 3.05) is 18.5 Å². The van der Waals surface area contributed by atoms with Gasteiger partial charge in [0.05, 0.1) is 5.69 Å². The number of nitrogens with zero attached hydrogens (tertiary/aromatic N) is 1. The summed E-state index contributed by atoms with van der Waals surface area (Å²) in [5.41, 5.74) is 2.01. The lowest BCUT2D eigenvalue weighted by Gasteiger charge is -2.30. The Hall–Kier alpha value is -1.55. The third kappa shape index (κ3) is 2.26. The van der Waals surface area contributed by atoms with Crippen LogP contribution in [0.25, 0.3) is 0 Å². The van der Waals surface area contributed by atoms with Crippen LogP contribution in [0.4, 0.5) is 5.69 Å². The highest BCUT2D eigenvalue weighted by atomic mass is 16.5. The van der Waals surface area contributed by atoms with Crippen LogP contribution in [-0.2, 0) is 11.3 Å². The van der Waals surface area contributed by atoms with Gasteiger partial charge in [0.15, 0.2) is 6.10 Å². The maximum absolute atomic E-state index is 11.7. The first-order chi connectivity index (χ1) is 8.13. The fourth-order valence-corrected chi connectivity index (χ4v) is 1.94. The highest BCUT2D eigenvalue weighted by molar-refractivity contribution is 5.99. The van der Waals surface area contributed by atoms with Crippen LogP contribution in [0.1, 0.15) is 19.4 Å². The van der Waals surface area contributed by atoms with Gasteiger partial charge in [-0.1, -0.05) is 13.0 Å². The molecule has 17 heavy (non-hydrogen) atoms. The molecule has 0 radical (unpaired) electrons. The summed E-state index contributed by atoms with van der Waals surface area (Å²) in [5, 5.41) is 3.27. The van der Waals surface area contributed by atoms with E-state index in [2.05, 4.69) is 12.2 Å². The van der Waals surface area contributed by atoms with Gasteiger partial charge < -0.3 is 15.0 Å². The van der Waals surface area contributed by atoms with Gasteiger partial charge in [0.2, 0.25) is 0 Å². The molecule has 0 aliphatic carbocycles. The van der Waals surface area contributed by atoms with Crippen molar-refractivity contribution in [2.45, 2.75) is 26.5 Å². The molecule has 0 fully saturated rings. The van der Waals surface area contributed by atoms with Gasteiger partial charge in [-0.25, -0.2) is 0 Å². The highest BCUT2D eigenvalue weighted by Gasteiger charge is 2.28. The Kier molecular flexibility index (Phi) is 3.33. The molecule has 2 rings (SSSR count). The highest BCUT2D eigenvalue weighted by Crippen LogP contribution is 2.33. The molecule has 1 atom stereocenters. The largest absolute Gasteiger partial charge is 0.479 e. The van der Waals surface area contributed by atoms with E-state index in [1.54, 1.807) is 18.9 Å². The first kappa shape index (κ1) is 11.9. The molecule has 1 aromatic rings. The van der Waals surface area contributed by atoms with Crippen LogP contribution < -0.4 is 15.0 Å². The lowest BCUT2D eigenvalue weighted by atomic mass is 10.1. The molecule has 0 saturated heterocycles. The van der Waals surface area contributed by atoms with E-state index in [-0.39, 0.29) is 5.91 Å². The number of carbonyl (C=O) groups is 1. The number of benzene rings is 1. The topological polar surface area (TPSA) is 41.6 Å². The van der Waals surface area contributed by atoms with Crippen LogP contribution in [0.3, 0.4) is 0 Å². The molecular formula is C13H18N2O2. The van der Waals surface area contributed by atoms with Crippen molar-refractivity contribution < 1.29 is 9.53 Å². The van der Waals surface area contributed by atoms with Crippen LogP contribution in [0, 0.1) is 0 Å². The van der Waals surface area contributed by atoms with Gasteiger partial charge >= 0.3 is 0 Å². The number of carbonyl (C=O) groups excluding carboxylic acids is 1. The minimum absolute atomic E-state index is 0.00284. The molecule has 1 amide bonds. The van der Waals surface area contributed by atoms with Crippen molar-refractivity contribution in [3.63, 3.8) is 0 Å². The Labute approximate surface area is 102 Å². The first-order valence-electron chi connectivity index (χ1n) is 5.91. The molecule has 1 N–H and O–H groups in total. The van der Waals surface area contributed by atoms with Gasteiger partial charge in [-0.05, 0) is 31.2 Å². The normalized spacial score (nSPS) is 18.9. The van der Waals surface area contributed by atoms with Crippen molar-refractivity contribution in [1.29, 1.82) is 0 Å². The fourth-order valence-electron chi connectivity index (χ4n) is 1.94. The molecule has 92 valence electrons. The van der Waals surface area contributed by atoms with E-state index in [1.807, 2.05) is 18.2 Å². The summed E-state index contributed by atoms with van der Waals surface area (Å²) < 4.78 is 5.62. The SMILES string of the molecule is CCNCc1ccc2c(c1)OC(C)C(=O)N2C. The molecule has 1 unspecified atom stereocenters. The summed E-state index contributed by atoms with van der Waals surface area (Å²) in [5.74, 6) is 0.784. The van der Waals surface area contributed by atoms with E-state index >= 15 is 0 Å². The maximum atomic E-state index is 11.7. The van der Waals surface area contributed by atoms with Gasteiger partial charge in [0.25, 0.3) is 5.91 Å². The molecule has 1 aliphatic heterocycles. The summed E-state index contributed by atoms with van der Waals surface area (Å²) >= 11 is 0. The van der Waals surface area contributed by atoms with Crippen molar-refractivity contribution in [3.8, 4) is 5.75 Å². The quantitative estimate of drug-likeness (QED) is 0.862. The number of fused-ring (bicyclic) bond motifs is 1. The first-order valence-corrected chi connectivity index (χ1v) is 5.91. The molecule has 1 aromatic carbocycles. The van der Waals surface area contributed by atoms with Crippen LogP contribution in [-0.4, -0.2) is 25.6 Å². The Morgan fingerprint density at radius 3 is 2.94 bits per heavy atom. The second kappa shape index (κ2) is 4.75. The van der Waals surface area contributed by atoms with Gasteiger partial charge in [-0.2, -0.15) is 0 Å². The van der Waals surface area contributed by atoms with Crippen LogP contribution in [0.2, 0.25) is 0 Å². The van der Waals surface area contributed by atoms with Crippen molar-refractivity contribution >= 4 is 11.6 Å². The van der Waals surface area contributed by atoms with Crippen molar-refractivity contribution in [2.24, 2.45) is 0 Å². The summed E-state index contributed by atoms with van der Waals surface area (Å²) in [7, 11) is 1.78. The molecule has 1 heterocycles. The maximum Gasteiger partial charge on any atom is 0.267 e. The number of nitrogens with one attached hydrogen (secondary N) is 1. The number of amides is 1. The molecule has 0 saturated carbocycles. The van der Waals surface area contributed by atoms with Crippen LogP contribution in [0.15, 0.2) is 18.2 Å². The molecular weight excluding hydrogens is 216 g/mol. The third-order valence-corrected chi connectivity index (χ3v) is 2.95. The van der Waals surface area contributed by atoms with Crippen molar-refractivity contribution in [1.82, 2.24) is 5.32 Å². The average Bonchev–Trinajstić information content (AvgIpc) is 2.33. The van der Waals surface area contributed by atoms with Crippen molar-refractivity contribution in [3.05, 3.63) is 23.8 Å². The number of rotatable bonds is 3. The molecule has 1 aliphatic rings. The fraction of sp³-hybridized carbons (Fsp3) is 0.462. The van der Waals surface area contributed by atoms with Gasteiger partial charge in [0, 0.05) is 13.6 Å². The number of ether oxygens (including phenoxy) is 1. The second-order valence-electron chi connectivity index (χ2n) is 4.24. The molecule has 0 spiro atoms. The van der Waals surface area contributed by atoms with Crippen LogP contribution in [0.5, 0.6) is 5.75 Å². The zero-order chi connectivity index (χ0) is 12.4. The second-order valence-corrected chi connectivity index (χ2v) is 4.24. The number of likely N-dealkylation sites (N-methyl/N-ethyl adjacent to an activating group) is 1. The minimum Gasteiger partial charge on any atom is -0.479 e. The third-order valence-electron chi connectivity index (χ3n) is 2.95. The summed E-state index contributed by atoms with van der Waals surface area (Å²) in [6.45, 7) is 5.61. The van der Waals surface area contributed by atoms with E-state index in [4.69, 9.17) is 4.74 Å². The zero-order valence-corrected chi connectivity index (χ0v) is 10.5. The number of hydrogen-bond acceptors (Lipinski definition) is 3. The van der Waals surface area contributed by atoms with Crippen LogP contribution >= 0.6 is 0 Å². The van der Waals surface area contributed by atoms with E-state index < -0.39 is 6.10 Å². The average molecular weight is 234 g/mol. The minimum atomic E-state index is -0.401. The van der Waals surface area contributed by atoms with E-state index in [0.717, 1.165) is 24.5 Å². The number of hydrogen-bond donors (Lipinski definition) is 1. The predicted octanol–water partition coefficient (Wildman–Crippen LogP) is 1.54. The smallest absolute Gasteiger partial charge is 0.267 e. The lowest BCUT2D eigenvalue weighted by molar-refractivity contribution is -0.125. The molecule has 0 bridgehead atoms. The summed E-state index contributed by atoms with van der Waals surface area (Å²) in [6.07, 6.45) is -0.401. The molecule has 4 nitrogen and oxygen atoms in total. The standard InChI is InChI=1S/C13H18N2O2/c1-4-14-8-10-5-6-11-12(7-10)17-9(2)13(16)15(11)3/h5-7,9,14H,4,8H2,1-3H3. The summed E-state index contributed by atoms with van der Waals surface area (Å²) in [4.78, 5) is 13.4. The van der Waals surface area contributed by atoms with E-state index in [9.17, 15) is 4.79 Å². The predicted molar refractivity (Wildman–Crippen MR) is 67.3 cm³/mol. The Bertz CT molecular complexity index is 431. The zero-order valence-electron chi connectivity index (χ0n) is 10.5. The molecule has 0 aromatic heterocycles. The monoisotopic (exact) mass is 234 g/mol. The van der Waals surface area contributed by atoms with E-state index in [1.165, 1.54) is 5.56 Å². The summed E-state index contributed by atoms with van der Waals surface area (Å²) in [6, 6.07) is 5.95. The Morgan fingerprint density at radius 1 is 1.47 bits per heavy atom. The number of anilines is 1. The van der Waals surface area contributed by atoms with Gasteiger partial charge in [0.1, 0.15) is 5.75 Å². The Balaban J connectivity index is 2.27. The Morgan fingerprint density at radius 2 is 2.24 bits per heavy atom. The van der Waals surface area contributed by atoms with E-state index in [0.29, 0.717) is 0 Å². The van der Waals surface area contributed by atoms with Gasteiger partial charge in [-0.3, -0.25) is 4.79 Å². The molecule has 4 heteroatoms.